The standard InChI is InChI=1S/2C19H22N2O4.6C7H6O2.2CH4O.4Dy.H2O.O/c2*1-13(21-12-15-7-5-9-17(25-3)19(15)23)10-20-11-14-6-4-8-16(24-2)18(14)22;6*8-7(9)6-4-2-1-3-5-6;2*1-2;;;;;;/h2*4-9,11-13,22-23H,10H2,1-3H3;6*1-5H,(H,8,9);2*2H,1H3;;;;;1H2;/q;;;;;;;;;;4*+3;;-2/p-10/t2*13-;;;;;;;;;;;;;;/m11............../s1. The Morgan fingerprint density at radius 2 is 0.456 bits per heavy atom. The number of aliphatic hydroxyl groups is 2. The van der Waals surface area contributed by atoms with E-state index in [0.717, 1.165) is 14.2 Å². The molecule has 0 aliphatic carbocycles. The maximum atomic E-state index is 12.0. The van der Waals surface area contributed by atoms with Crippen LogP contribution in [0.3, 0.4) is 0 Å². The fourth-order valence-electron chi connectivity index (χ4n) is 7.74. The molecule has 0 saturated carbocycles. The predicted octanol–water partition coefficient (Wildman–Crippen LogP) is 2.13. The van der Waals surface area contributed by atoms with Crippen LogP contribution in [0.4, 0.5) is 0 Å². The molecule has 28 nitrogen and oxygen atoms in total. The summed E-state index contributed by atoms with van der Waals surface area (Å²) in [5, 5.41) is 123. The van der Waals surface area contributed by atoms with Crippen molar-refractivity contribution in [3.05, 3.63) is 310 Å². The largest absolute Gasteiger partial charge is 3.00 e. The van der Waals surface area contributed by atoms with E-state index >= 15 is 0 Å². The Bertz CT molecular complexity index is 3880. The van der Waals surface area contributed by atoms with Crippen molar-refractivity contribution in [1.82, 2.24) is 0 Å². The predicted molar refractivity (Wildman–Crippen MR) is 394 cm³/mol. The van der Waals surface area contributed by atoms with E-state index in [1.165, 1.54) is 126 Å². The maximum absolute atomic E-state index is 12.0. The second kappa shape index (κ2) is 70.6. The number of carbonyl (C=O) groups is 6. The Labute approximate surface area is 782 Å². The summed E-state index contributed by atoms with van der Waals surface area (Å²) >= 11 is 0. The van der Waals surface area contributed by atoms with Crippen molar-refractivity contribution in [3.63, 3.8) is 0 Å². The van der Waals surface area contributed by atoms with E-state index < -0.39 is 35.8 Å². The van der Waals surface area contributed by atoms with E-state index in [2.05, 4.69) is 20.0 Å². The topological polar surface area (TPSA) is 520 Å². The summed E-state index contributed by atoms with van der Waals surface area (Å²) in [5.41, 5.74) is 3.17. The molecule has 0 aromatic heterocycles. The number of aliphatic hydroxyl groups excluding tert-OH is 2. The third kappa shape index (κ3) is 48.3. The van der Waals surface area contributed by atoms with Gasteiger partial charge in [-0.15, -0.1) is 0 Å². The summed E-state index contributed by atoms with van der Waals surface area (Å²) in [7, 11) is 7.82. The maximum Gasteiger partial charge on any atom is 3.00 e. The minimum absolute atomic E-state index is 0. The zero-order valence-corrected chi connectivity index (χ0v) is 70.3. The van der Waals surface area contributed by atoms with E-state index in [9.17, 15) is 79.8 Å². The molecule has 0 amide bonds. The van der Waals surface area contributed by atoms with E-state index in [1.807, 2.05) is 13.8 Å². The first-order valence-electron chi connectivity index (χ1n) is 31.9. The molecule has 0 spiro atoms. The minimum Gasteiger partial charge on any atom is -2.00 e. The minimum atomic E-state index is -1.13. The summed E-state index contributed by atoms with van der Waals surface area (Å²) in [4.78, 5) is 77.7. The number of carboxylic acids is 6. The number of hydrogen-bond acceptors (Lipinski definition) is 26. The average Bonchev–Trinajstić information content (AvgIpc) is 0.875. The van der Waals surface area contributed by atoms with Crippen molar-refractivity contribution in [3.8, 4) is 46.0 Å². The molecule has 4 N–H and O–H groups in total. The third-order valence-electron chi connectivity index (χ3n) is 13.1. The Kier molecular flexibility index (Phi) is 71.8. The molecule has 0 aliphatic rings. The number of para-hydroxylation sites is 4. The van der Waals surface area contributed by atoms with Crippen LogP contribution in [0, 0.1) is 153 Å². The molecular weight excluding hydrogens is 2070 g/mol. The van der Waals surface area contributed by atoms with Crippen molar-refractivity contribution in [2.24, 2.45) is 20.0 Å². The van der Waals surface area contributed by atoms with Gasteiger partial charge in [-0.3, -0.25) is 20.0 Å². The van der Waals surface area contributed by atoms with Gasteiger partial charge in [0.1, 0.15) is 23.0 Å². The van der Waals surface area contributed by atoms with Gasteiger partial charge in [0.05, 0.1) is 89.4 Å². The van der Waals surface area contributed by atoms with Crippen LogP contribution < -0.4 is 70.0 Å². The van der Waals surface area contributed by atoms with Crippen LogP contribution in [0.25, 0.3) is 0 Å². The molecule has 2 atom stereocenters. The monoisotopic (exact) mass is 2160 g/mol. The van der Waals surface area contributed by atoms with Crippen molar-refractivity contribution >= 4 is 60.7 Å². The zero-order chi connectivity index (χ0) is 80.6. The van der Waals surface area contributed by atoms with Crippen LogP contribution in [0.1, 0.15) is 98.2 Å². The van der Waals surface area contributed by atoms with Crippen LogP contribution in [0.15, 0.2) is 275 Å². The molecule has 0 fully saturated rings. The Balaban J connectivity index is -0.000000301. The van der Waals surface area contributed by atoms with Crippen molar-refractivity contribution < 1.29 is 273 Å². The van der Waals surface area contributed by atoms with E-state index in [0.29, 0.717) is 35.3 Å². The van der Waals surface area contributed by atoms with Crippen LogP contribution in [-0.2, 0) is 5.48 Å². The van der Waals surface area contributed by atoms with Gasteiger partial charge in [-0.25, -0.2) is 0 Å². The molecule has 0 unspecified atom stereocenters. The Hall–Kier alpha value is -8.97. The number of carboxylic acid groups (broad SMARTS) is 6. The van der Waals surface area contributed by atoms with Gasteiger partial charge >= 0.3 is 153 Å². The summed E-state index contributed by atoms with van der Waals surface area (Å²) in [5.74, 6) is -6.41. The molecule has 10 aromatic rings. The first-order valence-corrected chi connectivity index (χ1v) is 31.9. The number of carbonyl (C=O) groups excluding carboxylic acids is 6. The molecule has 0 bridgehead atoms. The van der Waals surface area contributed by atoms with Gasteiger partial charge in [-0.1, -0.05) is 254 Å². The molecule has 612 valence electrons. The number of hydrogen-bond donors (Lipinski definition) is 2. The van der Waals surface area contributed by atoms with Crippen LogP contribution in [0.2, 0.25) is 0 Å². The first kappa shape index (κ1) is 116. The van der Waals surface area contributed by atoms with Crippen LogP contribution >= 0.6 is 0 Å². The van der Waals surface area contributed by atoms with E-state index in [1.54, 1.807) is 182 Å². The van der Waals surface area contributed by atoms with Crippen LogP contribution in [-0.4, -0.2) is 144 Å². The Morgan fingerprint density at radius 1 is 0.298 bits per heavy atom. The van der Waals surface area contributed by atoms with Gasteiger partial charge in [0.25, 0.3) is 0 Å². The molecule has 114 heavy (non-hydrogen) atoms. The van der Waals surface area contributed by atoms with E-state index in [-0.39, 0.29) is 255 Å². The second-order valence-corrected chi connectivity index (χ2v) is 20.7. The van der Waals surface area contributed by atoms with E-state index in [4.69, 9.17) is 29.2 Å². The number of benzene rings is 10. The molecule has 10 aromatic carbocycles. The fourth-order valence-corrected chi connectivity index (χ4v) is 7.74. The Morgan fingerprint density at radius 3 is 0.596 bits per heavy atom. The molecule has 10 rings (SSSR count). The van der Waals surface area contributed by atoms with Crippen LogP contribution in [0.5, 0.6) is 46.0 Å². The fraction of sp³-hybridized carbons (Fsp3) is 0.146. The number of aliphatic imine (C=N–C) groups is 4. The van der Waals surface area contributed by atoms with Gasteiger partial charge < -0.3 is 120 Å². The normalized spacial score (nSPS) is 9.84. The molecule has 0 saturated heterocycles. The summed E-state index contributed by atoms with van der Waals surface area (Å²) in [6.45, 7) is 4.54. The smallest absolute Gasteiger partial charge is 2.00 e. The van der Waals surface area contributed by atoms with Gasteiger partial charge in [-0.05, 0) is 93.7 Å². The van der Waals surface area contributed by atoms with Crippen molar-refractivity contribution in [2.75, 3.05) is 55.7 Å². The first-order chi connectivity index (χ1) is 52.0. The summed E-state index contributed by atoms with van der Waals surface area (Å²) < 4.78 is 20.0. The van der Waals surface area contributed by atoms with Crippen molar-refractivity contribution in [2.45, 2.75) is 25.9 Å². The molecule has 0 heterocycles. The van der Waals surface area contributed by atoms with Gasteiger partial charge in [-0.2, -0.15) is 0 Å². The van der Waals surface area contributed by atoms with Gasteiger partial charge in [0.2, 0.25) is 0 Å². The number of nitrogens with zero attached hydrogens (tertiary/aromatic N) is 4. The molecular formula is C82H80Dy4N4O24. The third-order valence-corrected chi connectivity index (χ3v) is 13.1. The number of ether oxygens (including phenoxy) is 4. The van der Waals surface area contributed by atoms with Gasteiger partial charge in [0, 0.05) is 39.1 Å². The SMILES string of the molecule is CO.CO.COc1cccc(C=NC[C@@H](C)N=Cc2cccc(OC)c2[O-])c1[O-].COc1cccc(C=NC[C@@H](C)N=Cc2cccc(OC)c2[O-])c1[O-].O.O=C([O-])c1ccccc1.O=C([O-])c1ccccc1.O=C([O-])c1ccccc1.O=C([O-])c1ccccc1.O=C([O-])c1ccccc1.O=C([O-])c1ccccc1.[Dy+3].[Dy+3].[Dy+3].[Dy+3].[O-2]. The number of aromatic carboxylic acids is 6. The number of rotatable bonds is 20. The number of methoxy groups -OCH3 is 4. The zero-order valence-electron chi connectivity index (χ0n) is 62.1. The summed E-state index contributed by atoms with van der Waals surface area (Å²) in [6.07, 6.45) is 6.08. The van der Waals surface area contributed by atoms with Gasteiger partial charge in [0.15, 0.2) is 0 Å². The second-order valence-electron chi connectivity index (χ2n) is 20.7. The van der Waals surface area contributed by atoms with Crippen molar-refractivity contribution in [1.29, 1.82) is 0 Å². The molecule has 4 radical (unpaired) electrons. The summed E-state index contributed by atoms with van der Waals surface area (Å²) in [6, 6.07) is 68.2. The average molecular weight is 2160 g/mol. The molecule has 0 aliphatic heterocycles. The quantitative estimate of drug-likeness (QED) is 0.103. The molecule has 32 heteroatoms.